The van der Waals surface area contributed by atoms with Gasteiger partial charge in [0, 0.05) is 48.3 Å². The molecule has 2 aliphatic heterocycles. The summed E-state index contributed by atoms with van der Waals surface area (Å²) >= 11 is 1.50. The van der Waals surface area contributed by atoms with Crippen LogP contribution in [0.3, 0.4) is 0 Å². The van der Waals surface area contributed by atoms with Gasteiger partial charge in [-0.15, -0.1) is 11.3 Å². The van der Waals surface area contributed by atoms with Crippen LogP contribution in [0.5, 0.6) is 17.2 Å². The van der Waals surface area contributed by atoms with Gasteiger partial charge < -0.3 is 29.3 Å². The van der Waals surface area contributed by atoms with E-state index in [2.05, 4.69) is 23.9 Å². The number of hydrogen-bond acceptors (Lipinski definition) is 11. The largest absolute Gasteiger partial charge is 0.497 e. The summed E-state index contributed by atoms with van der Waals surface area (Å²) in [6.45, 7) is 6.63. The van der Waals surface area contributed by atoms with Crippen molar-refractivity contribution in [3.05, 3.63) is 77.3 Å². The molecule has 2 aliphatic carbocycles. The summed E-state index contributed by atoms with van der Waals surface area (Å²) in [7, 11) is -0.783. The van der Waals surface area contributed by atoms with Crippen LogP contribution < -0.4 is 24.2 Å². The number of benzene rings is 2. The molecule has 4 amide bonds. The maximum absolute atomic E-state index is 14.9. The second-order valence-corrected chi connectivity index (χ2v) is 20.3. The SMILES string of the molecule is COc1ccc(CN2CCCCCC=C[C@@H]3C[C@@]3(C(=O)NS(=O)(=O)C3(C)CC3)NC(=O)[C@@H]3C[C@@H](Oc4cc(-c5nc(C(C)C)cs5)nc5cc(OC)ccc45)CN3C2=O)cc1. The fraction of sp³-hybridized carbons (Fsp3) is 0.489. The molecule has 0 unspecified atom stereocenters. The minimum Gasteiger partial charge on any atom is -0.497 e. The molecule has 2 saturated carbocycles. The van der Waals surface area contributed by atoms with E-state index in [1.807, 2.05) is 66.1 Å². The normalized spacial score (nSPS) is 24.0. The second kappa shape index (κ2) is 16.9. The van der Waals surface area contributed by atoms with Gasteiger partial charge in [0.1, 0.15) is 45.6 Å². The molecule has 1 saturated heterocycles. The zero-order chi connectivity index (χ0) is 43.1. The number of pyridine rings is 1. The van der Waals surface area contributed by atoms with Gasteiger partial charge in [-0.2, -0.15) is 0 Å². The number of nitrogens with zero attached hydrogens (tertiary/aromatic N) is 4. The fourth-order valence-corrected chi connectivity index (χ4v) is 10.4. The number of rotatable bonds is 11. The van der Waals surface area contributed by atoms with E-state index in [9.17, 15) is 22.8 Å². The molecule has 2 N–H and O–H groups in total. The third-order valence-corrected chi connectivity index (χ3v) is 15.5. The quantitative estimate of drug-likeness (QED) is 0.151. The Morgan fingerprint density at radius 1 is 1.02 bits per heavy atom. The number of carbonyl (C=O) groups is 3. The molecule has 2 aromatic heterocycles. The van der Waals surface area contributed by atoms with E-state index >= 15 is 0 Å². The molecule has 0 spiro atoms. The van der Waals surface area contributed by atoms with Gasteiger partial charge in [-0.3, -0.25) is 14.3 Å². The van der Waals surface area contributed by atoms with Crippen LogP contribution in [0, 0.1) is 5.92 Å². The highest BCUT2D eigenvalue weighted by Crippen LogP contribution is 2.48. The first-order chi connectivity index (χ1) is 29.2. The number of ether oxygens (including phenoxy) is 3. The van der Waals surface area contributed by atoms with Gasteiger partial charge in [-0.05, 0) is 81.2 Å². The van der Waals surface area contributed by atoms with Crippen molar-refractivity contribution in [1.29, 1.82) is 0 Å². The Labute approximate surface area is 361 Å². The van der Waals surface area contributed by atoms with E-state index in [4.69, 9.17) is 24.2 Å². The average molecular weight is 871 g/mol. The van der Waals surface area contributed by atoms with Crippen molar-refractivity contribution in [2.24, 2.45) is 5.92 Å². The van der Waals surface area contributed by atoms with Crippen LogP contribution in [0.1, 0.15) is 89.3 Å². The van der Waals surface area contributed by atoms with Gasteiger partial charge in [0.05, 0.1) is 36.7 Å². The molecule has 16 heteroatoms. The minimum atomic E-state index is -3.98. The Balaban J connectivity index is 1.14. The Kier molecular flexibility index (Phi) is 11.8. The molecule has 8 rings (SSSR count). The number of aromatic nitrogens is 2. The highest BCUT2D eigenvalue weighted by Gasteiger charge is 2.63. The molecule has 14 nitrogen and oxygen atoms in total. The van der Waals surface area contributed by atoms with Crippen LogP contribution in [0.2, 0.25) is 0 Å². The molecule has 324 valence electrons. The average Bonchev–Trinajstić information content (AvgIpc) is 4.02. The number of amides is 4. The summed E-state index contributed by atoms with van der Waals surface area (Å²) in [5.74, 6) is 0.362. The van der Waals surface area contributed by atoms with Gasteiger partial charge in [0.2, 0.25) is 15.9 Å². The van der Waals surface area contributed by atoms with E-state index in [1.165, 1.54) is 11.3 Å². The van der Waals surface area contributed by atoms with Crippen molar-refractivity contribution in [3.63, 3.8) is 0 Å². The molecule has 4 atom stereocenters. The molecule has 0 radical (unpaired) electrons. The molecule has 4 heterocycles. The number of allylic oxidation sites excluding steroid dienone is 1. The van der Waals surface area contributed by atoms with Crippen molar-refractivity contribution in [3.8, 4) is 28.0 Å². The number of urea groups is 1. The minimum absolute atomic E-state index is 0.0787. The highest BCUT2D eigenvalue weighted by molar-refractivity contribution is 7.91. The Morgan fingerprint density at radius 2 is 1.77 bits per heavy atom. The lowest BCUT2D eigenvalue weighted by Gasteiger charge is -2.32. The summed E-state index contributed by atoms with van der Waals surface area (Å²) in [5, 5.41) is 6.47. The fourth-order valence-electron chi connectivity index (χ4n) is 8.15. The van der Waals surface area contributed by atoms with E-state index in [0.29, 0.717) is 54.4 Å². The van der Waals surface area contributed by atoms with E-state index in [0.717, 1.165) is 47.3 Å². The molecular weight excluding hydrogens is 817 g/mol. The van der Waals surface area contributed by atoms with Crippen LogP contribution in [-0.2, 0) is 26.2 Å². The molecule has 2 aromatic carbocycles. The number of sulfonamides is 1. The van der Waals surface area contributed by atoms with Crippen LogP contribution >= 0.6 is 11.3 Å². The van der Waals surface area contributed by atoms with Gasteiger partial charge in [-0.1, -0.05) is 44.6 Å². The van der Waals surface area contributed by atoms with E-state index < -0.39 is 50.2 Å². The molecule has 0 bridgehead atoms. The smallest absolute Gasteiger partial charge is 0.321 e. The first-order valence-corrected chi connectivity index (χ1v) is 23.4. The molecular formula is C45H54N6O8S2. The predicted molar refractivity (Wildman–Crippen MR) is 233 cm³/mol. The Hall–Kier alpha value is -5.22. The second-order valence-electron chi connectivity index (χ2n) is 17.3. The number of fused-ring (bicyclic) bond motifs is 3. The van der Waals surface area contributed by atoms with Crippen molar-refractivity contribution in [2.75, 3.05) is 27.3 Å². The standard InChI is InChI=1S/C45H54N6O8S2/c1-28(2)37-27-60-41(47-37)36-23-39(34-17-16-32(58-5)21-35(34)46-36)59-33-22-38-40(52)48-45(42(53)49-61(55,56)44(3)18-19-44)24-30(45)11-9-7-6-8-10-20-50(43(54)51(38)26-33)25-29-12-14-31(57-4)15-13-29/h9,11-17,21,23,27-28,30,33,38H,6-8,10,18-20,22,24-26H2,1-5H3,(H,48,52)(H,49,53)/t30-,33-,38+,45-/m1/s1. The molecule has 4 aromatic rings. The summed E-state index contributed by atoms with van der Waals surface area (Å²) in [4.78, 5) is 56.8. The first kappa shape index (κ1) is 42.5. The van der Waals surface area contributed by atoms with Gasteiger partial charge in [0.15, 0.2) is 0 Å². The lowest BCUT2D eigenvalue weighted by atomic mass is 10.1. The van der Waals surface area contributed by atoms with Crippen molar-refractivity contribution >= 4 is 50.1 Å². The number of nitrogens with one attached hydrogen (secondary N) is 2. The summed E-state index contributed by atoms with van der Waals surface area (Å²) < 4.78 is 45.6. The Morgan fingerprint density at radius 3 is 2.48 bits per heavy atom. The lowest BCUT2D eigenvalue weighted by molar-refractivity contribution is -0.131. The van der Waals surface area contributed by atoms with E-state index in [-0.39, 0.29) is 31.3 Å². The topological polar surface area (TPSA) is 169 Å². The summed E-state index contributed by atoms with van der Waals surface area (Å²) in [6.07, 6.45) is 7.76. The lowest BCUT2D eigenvalue weighted by Crippen LogP contribution is -2.58. The molecule has 61 heavy (non-hydrogen) atoms. The highest BCUT2D eigenvalue weighted by atomic mass is 32.2. The maximum atomic E-state index is 14.9. The number of thiazole rings is 1. The maximum Gasteiger partial charge on any atom is 0.321 e. The van der Waals surface area contributed by atoms with E-state index in [1.54, 1.807) is 30.9 Å². The van der Waals surface area contributed by atoms with Gasteiger partial charge in [0.25, 0.3) is 5.91 Å². The third-order valence-electron chi connectivity index (χ3n) is 12.5. The molecule has 4 aliphatic rings. The third kappa shape index (κ3) is 8.79. The van der Waals surface area contributed by atoms with Gasteiger partial charge in [-0.25, -0.2) is 23.2 Å². The predicted octanol–water partition coefficient (Wildman–Crippen LogP) is 6.95. The zero-order valence-electron chi connectivity index (χ0n) is 35.3. The zero-order valence-corrected chi connectivity index (χ0v) is 36.9. The number of hydrogen-bond donors (Lipinski definition) is 2. The number of carbonyl (C=O) groups excluding carboxylic acids is 3. The summed E-state index contributed by atoms with van der Waals surface area (Å²) in [6, 6.07) is 13.6. The van der Waals surface area contributed by atoms with Crippen molar-refractivity contribution in [1.82, 2.24) is 29.8 Å². The van der Waals surface area contributed by atoms with Crippen LogP contribution in [-0.4, -0.2) is 95.8 Å². The molecule has 3 fully saturated rings. The Bertz CT molecular complexity index is 2450. The van der Waals surface area contributed by atoms with Crippen molar-refractivity contribution in [2.45, 2.75) is 107 Å². The first-order valence-electron chi connectivity index (χ1n) is 21.1. The summed E-state index contributed by atoms with van der Waals surface area (Å²) in [5.41, 5.74) is 1.63. The number of methoxy groups -OCH3 is 2. The van der Waals surface area contributed by atoms with Gasteiger partial charge >= 0.3 is 6.03 Å². The van der Waals surface area contributed by atoms with Crippen LogP contribution in [0.4, 0.5) is 4.79 Å². The monoisotopic (exact) mass is 870 g/mol. The van der Waals surface area contributed by atoms with Crippen LogP contribution in [0.15, 0.2) is 66.1 Å². The van der Waals surface area contributed by atoms with Crippen LogP contribution in [0.25, 0.3) is 21.6 Å². The van der Waals surface area contributed by atoms with Crippen molar-refractivity contribution < 1.29 is 37.0 Å².